The molecule has 0 aliphatic rings. The normalized spacial score (nSPS) is 11.9. The molecule has 0 unspecified atom stereocenters. The Balaban J connectivity index is 1.75. The van der Waals surface area contributed by atoms with E-state index < -0.39 is 18.6 Å². The van der Waals surface area contributed by atoms with Gasteiger partial charge in [-0.2, -0.15) is 23.3 Å². The van der Waals surface area contributed by atoms with Crippen LogP contribution in [0.3, 0.4) is 0 Å². The van der Waals surface area contributed by atoms with E-state index in [4.69, 9.17) is 4.42 Å². The lowest BCUT2D eigenvalue weighted by Gasteiger charge is -2.23. The second-order valence-corrected chi connectivity index (χ2v) is 6.18. The first-order chi connectivity index (χ1) is 12.7. The second kappa shape index (κ2) is 7.37. The van der Waals surface area contributed by atoms with Crippen LogP contribution >= 0.6 is 0 Å². The molecule has 27 heavy (non-hydrogen) atoms. The van der Waals surface area contributed by atoms with Crippen LogP contribution in [0.2, 0.25) is 0 Å². The van der Waals surface area contributed by atoms with E-state index in [1.54, 1.807) is 17.5 Å². The highest BCUT2D eigenvalue weighted by Gasteiger charge is 2.33. The summed E-state index contributed by atoms with van der Waals surface area (Å²) in [6.07, 6.45) is -1.59. The van der Waals surface area contributed by atoms with Gasteiger partial charge in [-0.15, -0.1) is 0 Å². The van der Waals surface area contributed by atoms with Crippen molar-refractivity contribution < 1.29 is 22.4 Å². The smallest absolute Gasteiger partial charge is 0.406 e. The summed E-state index contributed by atoms with van der Waals surface area (Å²) in [5, 5.41) is 4.07. The number of halogens is 3. The van der Waals surface area contributed by atoms with E-state index in [0.717, 1.165) is 16.2 Å². The van der Waals surface area contributed by atoms with Crippen LogP contribution < -0.4 is 0 Å². The Morgan fingerprint density at radius 3 is 2.78 bits per heavy atom. The first kappa shape index (κ1) is 18.9. The Morgan fingerprint density at radius 2 is 2.11 bits per heavy atom. The van der Waals surface area contributed by atoms with Gasteiger partial charge in [0.2, 0.25) is 5.91 Å². The number of hydrogen-bond acceptors (Lipinski definition) is 5. The van der Waals surface area contributed by atoms with Crippen LogP contribution in [0.25, 0.3) is 5.78 Å². The summed E-state index contributed by atoms with van der Waals surface area (Å²) >= 11 is 0. The summed E-state index contributed by atoms with van der Waals surface area (Å²) in [7, 11) is 0. The number of fused-ring (bicyclic) bond motifs is 1. The van der Waals surface area contributed by atoms with Gasteiger partial charge in [0, 0.05) is 17.8 Å². The third-order valence-electron chi connectivity index (χ3n) is 4.23. The van der Waals surface area contributed by atoms with Crippen molar-refractivity contribution in [1.82, 2.24) is 24.5 Å². The largest absolute Gasteiger partial charge is 0.467 e. The molecule has 0 spiro atoms. The minimum absolute atomic E-state index is 0.0830. The predicted octanol–water partition coefficient (Wildman–Crippen LogP) is 2.86. The first-order valence-corrected chi connectivity index (χ1v) is 8.27. The van der Waals surface area contributed by atoms with Crippen LogP contribution in [-0.4, -0.2) is 43.1 Å². The molecule has 0 saturated carbocycles. The lowest BCUT2D eigenvalue weighted by molar-refractivity contribution is -0.162. The molecule has 0 atom stereocenters. The van der Waals surface area contributed by atoms with Crippen LogP contribution in [0.15, 0.2) is 29.1 Å². The Labute approximate surface area is 152 Å². The standard InChI is InChI=1S/C17H18F3N5O2/c1-11-14(12(2)25-16(23-11)21-10-22-25)5-6-15(26)24(9-17(18,19)20)8-13-4-3-7-27-13/h3-4,7,10H,5-6,8-9H2,1-2H3. The summed E-state index contributed by atoms with van der Waals surface area (Å²) in [5.41, 5.74) is 2.21. The zero-order chi connectivity index (χ0) is 19.6. The zero-order valence-corrected chi connectivity index (χ0v) is 14.8. The maximum atomic E-state index is 12.9. The van der Waals surface area contributed by atoms with E-state index in [1.807, 2.05) is 6.92 Å². The van der Waals surface area contributed by atoms with Gasteiger partial charge in [-0.1, -0.05) is 0 Å². The number of hydrogen-bond donors (Lipinski definition) is 0. The molecule has 0 bridgehead atoms. The van der Waals surface area contributed by atoms with Crippen molar-refractivity contribution in [2.24, 2.45) is 0 Å². The Hall–Kier alpha value is -2.91. The first-order valence-electron chi connectivity index (χ1n) is 8.27. The maximum absolute atomic E-state index is 12.9. The summed E-state index contributed by atoms with van der Waals surface area (Å²) < 4.78 is 45.2. The number of amides is 1. The van der Waals surface area contributed by atoms with Gasteiger partial charge in [-0.3, -0.25) is 4.79 Å². The van der Waals surface area contributed by atoms with Gasteiger partial charge in [0.15, 0.2) is 0 Å². The van der Waals surface area contributed by atoms with Crippen molar-refractivity contribution in [2.45, 2.75) is 39.4 Å². The molecule has 0 N–H and O–H groups in total. The molecular formula is C17H18F3N5O2. The molecule has 1 amide bonds. The number of carbonyl (C=O) groups excluding carboxylic acids is 1. The summed E-state index contributed by atoms with van der Waals surface area (Å²) in [6, 6.07) is 3.10. The summed E-state index contributed by atoms with van der Waals surface area (Å²) in [5.74, 6) is 0.128. The fraction of sp³-hybridized carbons (Fsp3) is 0.412. The SMILES string of the molecule is Cc1nc2ncnn2c(C)c1CCC(=O)N(Cc1ccco1)CC(F)(F)F. The third-order valence-corrected chi connectivity index (χ3v) is 4.23. The fourth-order valence-corrected chi connectivity index (χ4v) is 2.95. The monoisotopic (exact) mass is 381 g/mol. The van der Waals surface area contributed by atoms with Gasteiger partial charge in [0.05, 0.1) is 12.8 Å². The number of aromatic nitrogens is 4. The minimum atomic E-state index is -4.49. The summed E-state index contributed by atoms with van der Waals surface area (Å²) in [6.45, 7) is 2.03. The maximum Gasteiger partial charge on any atom is 0.406 e. The molecule has 3 heterocycles. The lowest BCUT2D eigenvalue weighted by atomic mass is 10.1. The molecule has 3 rings (SSSR count). The van der Waals surface area contributed by atoms with Gasteiger partial charge in [-0.05, 0) is 38.0 Å². The number of aryl methyl sites for hydroxylation is 2. The van der Waals surface area contributed by atoms with E-state index in [-0.39, 0.29) is 19.4 Å². The van der Waals surface area contributed by atoms with Crippen LogP contribution in [0, 0.1) is 13.8 Å². The van der Waals surface area contributed by atoms with Crippen LogP contribution in [0.5, 0.6) is 0 Å². The van der Waals surface area contributed by atoms with E-state index >= 15 is 0 Å². The van der Waals surface area contributed by atoms with Crippen LogP contribution in [-0.2, 0) is 17.8 Å². The van der Waals surface area contributed by atoms with E-state index in [2.05, 4.69) is 15.1 Å². The van der Waals surface area contributed by atoms with Gasteiger partial charge in [0.25, 0.3) is 5.78 Å². The average Bonchev–Trinajstić information content (AvgIpc) is 3.24. The molecule has 0 saturated heterocycles. The third kappa shape index (κ3) is 4.44. The molecule has 7 nitrogen and oxygen atoms in total. The highest BCUT2D eigenvalue weighted by molar-refractivity contribution is 5.76. The summed E-state index contributed by atoms with van der Waals surface area (Å²) in [4.78, 5) is 21.6. The van der Waals surface area contributed by atoms with Gasteiger partial charge >= 0.3 is 6.18 Å². The number of furan rings is 1. The van der Waals surface area contributed by atoms with Crippen molar-refractivity contribution in [3.63, 3.8) is 0 Å². The Kier molecular flexibility index (Phi) is 5.15. The predicted molar refractivity (Wildman–Crippen MR) is 88.8 cm³/mol. The van der Waals surface area contributed by atoms with Crippen molar-refractivity contribution in [3.8, 4) is 0 Å². The van der Waals surface area contributed by atoms with Crippen molar-refractivity contribution in [3.05, 3.63) is 47.4 Å². The minimum Gasteiger partial charge on any atom is -0.467 e. The van der Waals surface area contributed by atoms with Gasteiger partial charge in [-0.25, -0.2) is 9.50 Å². The number of alkyl halides is 3. The Morgan fingerprint density at radius 1 is 1.33 bits per heavy atom. The molecule has 0 aliphatic heterocycles. The lowest BCUT2D eigenvalue weighted by Crippen LogP contribution is -2.38. The molecule has 10 heteroatoms. The number of nitrogens with zero attached hydrogens (tertiary/aromatic N) is 5. The van der Waals surface area contributed by atoms with Crippen molar-refractivity contribution in [1.29, 1.82) is 0 Å². The molecule has 0 fully saturated rings. The van der Waals surface area contributed by atoms with E-state index in [1.165, 1.54) is 18.7 Å². The molecule has 0 radical (unpaired) electrons. The molecular weight excluding hydrogens is 363 g/mol. The van der Waals surface area contributed by atoms with Crippen molar-refractivity contribution >= 4 is 11.7 Å². The molecule has 144 valence electrons. The second-order valence-electron chi connectivity index (χ2n) is 6.18. The number of rotatable bonds is 6. The van der Waals surface area contributed by atoms with Crippen molar-refractivity contribution in [2.75, 3.05) is 6.54 Å². The Bertz CT molecular complexity index is 934. The highest BCUT2D eigenvalue weighted by atomic mass is 19.4. The molecule has 3 aromatic rings. The van der Waals surface area contributed by atoms with Crippen LogP contribution in [0.1, 0.15) is 29.1 Å². The quantitative estimate of drug-likeness (QED) is 0.656. The molecule has 0 aliphatic carbocycles. The van der Waals surface area contributed by atoms with Crippen LogP contribution in [0.4, 0.5) is 13.2 Å². The average molecular weight is 381 g/mol. The highest BCUT2D eigenvalue weighted by Crippen LogP contribution is 2.21. The van der Waals surface area contributed by atoms with E-state index in [0.29, 0.717) is 17.2 Å². The number of carbonyl (C=O) groups is 1. The zero-order valence-electron chi connectivity index (χ0n) is 14.8. The molecule has 3 aromatic heterocycles. The molecule has 0 aromatic carbocycles. The fourth-order valence-electron chi connectivity index (χ4n) is 2.95. The van der Waals surface area contributed by atoms with Gasteiger partial charge < -0.3 is 9.32 Å². The van der Waals surface area contributed by atoms with Gasteiger partial charge in [0.1, 0.15) is 18.6 Å². The topological polar surface area (TPSA) is 76.5 Å². The van der Waals surface area contributed by atoms with E-state index in [9.17, 15) is 18.0 Å².